The van der Waals surface area contributed by atoms with Crippen LogP contribution in [0, 0.1) is 11.3 Å². The molecular weight excluding hydrogens is 473 g/mol. The van der Waals surface area contributed by atoms with E-state index < -0.39 is 16.6 Å². The molecule has 0 amide bonds. The van der Waals surface area contributed by atoms with Crippen molar-refractivity contribution < 1.29 is 9.76 Å². The monoisotopic (exact) mass is 502 g/mol. The summed E-state index contributed by atoms with van der Waals surface area (Å²) in [6.07, 6.45) is 5.22. The predicted octanol–water partition coefficient (Wildman–Crippen LogP) is 7.06. The number of allylic oxidation sites excluding steroid dienone is 4. The first kappa shape index (κ1) is 24.3. The van der Waals surface area contributed by atoms with Gasteiger partial charge in [0.2, 0.25) is 0 Å². The number of aliphatic hydroxyl groups is 1. The Bertz CT molecular complexity index is 1480. The molecule has 0 saturated carbocycles. The zero-order valence-corrected chi connectivity index (χ0v) is 22.4. The summed E-state index contributed by atoms with van der Waals surface area (Å²) in [5.41, 5.74) is 5.98. The van der Waals surface area contributed by atoms with Gasteiger partial charge in [-0.15, -0.1) is 0 Å². The molecule has 6 rings (SSSR count). The zero-order chi connectivity index (χ0) is 26.0. The maximum Gasteiger partial charge on any atom is 0.301 e. The van der Waals surface area contributed by atoms with Crippen LogP contribution < -0.4 is 0 Å². The molecule has 2 aliphatic carbocycles. The lowest BCUT2D eigenvalue weighted by atomic mass is 9.61. The molecule has 0 aromatic heterocycles. The fourth-order valence-corrected chi connectivity index (χ4v) is 6.96. The molecule has 0 bridgehead atoms. The van der Waals surface area contributed by atoms with Gasteiger partial charge in [0.05, 0.1) is 28.2 Å². The molecule has 183 valence electrons. The summed E-state index contributed by atoms with van der Waals surface area (Å²) in [6, 6.07) is 25.9. The van der Waals surface area contributed by atoms with Gasteiger partial charge in [-0.05, 0) is 97.6 Å². The molecule has 1 radical (unpaired) electrons. The lowest BCUT2D eigenvalue weighted by Crippen LogP contribution is -2.48. The van der Waals surface area contributed by atoms with E-state index in [-0.39, 0.29) is 5.82 Å². The van der Waals surface area contributed by atoms with Gasteiger partial charge in [-0.1, -0.05) is 66.4 Å². The van der Waals surface area contributed by atoms with E-state index in [1.54, 1.807) is 13.8 Å². The number of nitrogens with zero attached hydrogens (tertiary/aromatic N) is 1. The Hall–Kier alpha value is -3.04. The Morgan fingerprint density at radius 1 is 0.973 bits per heavy atom. The summed E-state index contributed by atoms with van der Waals surface area (Å²) in [5, 5.41) is 20.4. The molecule has 1 atom stereocenters. The van der Waals surface area contributed by atoms with E-state index in [2.05, 4.69) is 78.9 Å². The van der Waals surface area contributed by atoms with Gasteiger partial charge >= 0.3 is 7.48 Å². The fourth-order valence-electron chi connectivity index (χ4n) is 5.77. The van der Waals surface area contributed by atoms with Crippen LogP contribution in [0.4, 0.5) is 0 Å². The van der Waals surface area contributed by atoms with Gasteiger partial charge in [0.25, 0.3) is 0 Å². The van der Waals surface area contributed by atoms with E-state index >= 15 is 0 Å². The second-order valence-corrected chi connectivity index (χ2v) is 12.2. The van der Waals surface area contributed by atoms with Gasteiger partial charge in [0.1, 0.15) is 0 Å². The summed E-state index contributed by atoms with van der Waals surface area (Å²) in [5.74, 6) is 0.0518. The lowest BCUT2D eigenvalue weighted by molar-refractivity contribution is -0.0907. The third-order valence-corrected chi connectivity index (χ3v) is 9.54. The fraction of sp³-hybridized carbons (Fsp3) is 0.281. The van der Waals surface area contributed by atoms with E-state index in [1.807, 2.05) is 39.2 Å². The molecule has 0 saturated heterocycles. The summed E-state index contributed by atoms with van der Waals surface area (Å²) < 4.78 is 6.21. The molecule has 3 aromatic rings. The van der Waals surface area contributed by atoms with Gasteiger partial charge in [-0.2, -0.15) is 5.26 Å². The third-order valence-electron chi connectivity index (χ3n) is 8.38. The number of hydrogen-bond acceptors (Lipinski definition) is 4. The maximum absolute atomic E-state index is 10.6. The molecule has 0 fully saturated rings. The molecule has 3 nitrogen and oxygen atoms in total. The lowest BCUT2D eigenvalue weighted by Gasteiger charge is -2.42. The van der Waals surface area contributed by atoms with E-state index in [4.69, 9.17) is 4.65 Å². The molecule has 3 aliphatic rings. The van der Waals surface area contributed by atoms with Gasteiger partial charge in [0, 0.05) is 9.79 Å². The number of benzene rings is 3. The van der Waals surface area contributed by atoms with E-state index in [9.17, 15) is 10.4 Å². The Morgan fingerprint density at radius 2 is 1.62 bits per heavy atom. The van der Waals surface area contributed by atoms with Gasteiger partial charge < -0.3 is 9.76 Å². The Balaban J connectivity index is 1.54. The van der Waals surface area contributed by atoms with Crippen LogP contribution in [0.3, 0.4) is 0 Å². The van der Waals surface area contributed by atoms with Crippen LogP contribution >= 0.6 is 11.8 Å². The van der Waals surface area contributed by atoms with Crippen LogP contribution in [0.25, 0.3) is 5.57 Å². The minimum Gasteiger partial charge on any atom is -0.432 e. The standard InChI is InChI=1S/C32H29BNO2S/c1-30(2,35)31(3,4)36-33-21-14-16-23-22-15-13-20(19-34)17-26(22)32(27(23)18-21)24-9-5-7-11-28(24)37-29-12-8-6-10-25(29)32/h5-17,21,35H,18H2,1-4H3. The third kappa shape index (κ3) is 3.58. The van der Waals surface area contributed by atoms with Crippen LogP contribution in [0.5, 0.6) is 0 Å². The largest absolute Gasteiger partial charge is 0.432 e. The van der Waals surface area contributed by atoms with Crippen molar-refractivity contribution in [3.8, 4) is 6.07 Å². The Labute approximate surface area is 224 Å². The van der Waals surface area contributed by atoms with Crippen LogP contribution in [0.1, 0.15) is 61.9 Å². The van der Waals surface area contributed by atoms with Crippen LogP contribution in [-0.4, -0.2) is 23.8 Å². The van der Waals surface area contributed by atoms with Crippen LogP contribution in [-0.2, 0) is 10.1 Å². The molecular formula is C32H29BNO2S. The highest BCUT2D eigenvalue weighted by Crippen LogP contribution is 2.63. The molecule has 3 aromatic carbocycles. The average molecular weight is 502 g/mol. The highest BCUT2D eigenvalue weighted by molar-refractivity contribution is 7.99. The number of rotatable bonds is 4. The van der Waals surface area contributed by atoms with Gasteiger partial charge in [-0.25, -0.2) is 0 Å². The number of hydrogen-bond donors (Lipinski definition) is 1. The predicted molar refractivity (Wildman–Crippen MR) is 150 cm³/mol. The van der Waals surface area contributed by atoms with Crippen molar-refractivity contribution in [3.63, 3.8) is 0 Å². The van der Waals surface area contributed by atoms with E-state index in [0.717, 1.165) is 6.42 Å². The van der Waals surface area contributed by atoms with E-state index in [1.165, 1.54) is 43.2 Å². The van der Waals surface area contributed by atoms with Gasteiger partial charge in [-0.3, -0.25) is 0 Å². The summed E-state index contributed by atoms with van der Waals surface area (Å²) >= 11 is 1.82. The smallest absolute Gasteiger partial charge is 0.301 e. The zero-order valence-electron chi connectivity index (χ0n) is 21.6. The second-order valence-electron chi connectivity index (χ2n) is 11.2. The number of nitriles is 1. The molecule has 1 aliphatic heterocycles. The first-order chi connectivity index (χ1) is 17.7. The quantitative estimate of drug-likeness (QED) is 0.388. The minimum atomic E-state index is -0.983. The van der Waals surface area contributed by atoms with Crippen LogP contribution in [0.2, 0.25) is 5.82 Å². The van der Waals surface area contributed by atoms with Crippen molar-refractivity contribution in [2.75, 3.05) is 0 Å². The second kappa shape index (κ2) is 8.50. The molecule has 1 heterocycles. The van der Waals surface area contributed by atoms with E-state index in [0.29, 0.717) is 5.56 Å². The highest BCUT2D eigenvalue weighted by atomic mass is 32.2. The van der Waals surface area contributed by atoms with Crippen molar-refractivity contribution in [3.05, 3.63) is 112 Å². The Kier molecular flexibility index (Phi) is 5.58. The Morgan fingerprint density at radius 3 is 2.24 bits per heavy atom. The van der Waals surface area contributed by atoms with Crippen molar-refractivity contribution >= 4 is 24.8 Å². The number of fused-ring (bicyclic) bond motifs is 8. The first-order valence-electron chi connectivity index (χ1n) is 12.7. The molecule has 1 spiro atoms. The van der Waals surface area contributed by atoms with Crippen molar-refractivity contribution in [1.29, 1.82) is 5.26 Å². The van der Waals surface area contributed by atoms with Crippen molar-refractivity contribution in [1.82, 2.24) is 0 Å². The SMILES string of the molecule is CC(C)(O)C(C)(C)O[B]C1C=CC2=C(C1)C1(c3ccccc3Sc3ccccc31)c1cc(C#N)ccc12. The summed E-state index contributed by atoms with van der Waals surface area (Å²) in [6.45, 7) is 7.39. The highest BCUT2D eigenvalue weighted by Gasteiger charge is 2.52. The topological polar surface area (TPSA) is 53.2 Å². The molecule has 5 heteroatoms. The molecule has 1 unspecified atom stereocenters. The van der Waals surface area contributed by atoms with Gasteiger partial charge in [0.15, 0.2) is 0 Å². The summed E-state index contributed by atoms with van der Waals surface area (Å²) in [4.78, 5) is 2.50. The maximum atomic E-state index is 10.6. The minimum absolute atomic E-state index is 0.0518. The molecule has 1 N–H and O–H groups in total. The van der Waals surface area contributed by atoms with Crippen LogP contribution in [0.15, 0.2) is 94.2 Å². The summed E-state index contributed by atoms with van der Waals surface area (Å²) in [7, 11) is 1.89. The first-order valence-corrected chi connectivity index (χ1v) is 13.6. The van der Waals surface area contributed by atoms with Crippen molar-refractivity contribution in [2.45, 2.75) is 66.3 Å². The molecule has 37 heavy (non-hydrogen) atoms. The average Bonchev–Trinajstić information content (AvgIpc) is 3.16. The van der Waals surface area contributed by atoms with Crippen molar-refractivity contribution in [2.24, 2.45) is 0 Å². The normalized spacial score (nSPS) is 19.1.